The quantitative estimate of drug-likeness (QED) is 0.566. The molecule has 2 heterocycles. The molecule has 0 aromatic heterocycles. The summed E-state index contributed by atoms with van der Waals surface area (Å²) in [5.74, 6) is -0.799. The molecule has 0 amide bonds. The lowest BCUT2D eigenvalue weighted by Crippen LogP contribution is -2.49. The van der Waals surface area contributed by atoms with Crippen molar-refractivity contribution >= 4 is 16.1 Å². The highest BCUT2D eigenvalue weighted by atomic mass is 32.2. The first-order valence-corrected chi connectivity index (χ1v) is 7.29. The van der Waals surface area contributed by atoms with Gasteiger partial charge in [-0.05, 0) is 12.8 Å². The molecule has 1 N–H and O–H groups in total. The van der Waals surface area contributed by atoms with Crippen LogP contribution in [0.25, 0.3) is 0 Å². The highest BCUT2D eigenvalue weighted by molar-refractivity contribution is 7.85. The highest BCUT2D eigenvalue weighted by Gasteiger charge is 2.67. The van der Waals surface area contributed by atoms with Gasteiger partial charge < -0.3 is 9.47 Å². The monoisotopic (exact) mass is 262 g/mol. The summed E-state index contributed by atoms with van der Waals surface area (Å²) in [6.07, 6.45) is 2.86. The average molecular weight is 262 g/mol. The van der Waals surface area contributed by atoms with Gasteiger partial charge in [-0.2, -0.15) is 8.42 Å². The van der Waals surface area contributed by atoms with E-state index in [0.29, 0.717) is 6.42 Å². The molecule has 6 nitrogen and oxygen atoms in total. The molecule has 4 rings (SSSR count). The molecule has 4 fully saturated rings. The zero-order chi connectivity index (χ0) is 12.3. The molecule has 96 valence electrons. The Morgan fingerprint density at radius 3 is 2.59 bits per heavy atom. The van der Waals surface area contributed by atoms with Crippen molar-refractivity contribution in [1.82, 2.24) is 0 Å². The first kappa shape index (κ1) is 11.4. The molecular weight excluding hydrogens is 248 g/mol. The van der Waals surface area contributed by atoms with Crippen LogP contribution in [0.15, 0.2) is 0 Å². The molecular formula is C10H14O6S. The number of esters is 1. The van der Waals surface area contributed by atoms with Crippen molar-refractivity contribution in [2.45, 2.75) is 31.0 Å². The van der Waals surface area contributed by atoms with E-state index in [0.717, 1.165) is 12.8 Å². The zero-order valence-electron chi connectivity index (χ0n) is 9.16. The lowest BCUT2D eigenvalue weighted by atomic mass is 9.81. The summed E-state index contributed by atoms with van der Waals surface area (Å²) < 4.78 is 40.0. The van der Waals surface area contributed by atoms with Crippen LogP contribution >= 0.6 is 0 Å². The van der Waals surface area contributed by atoms with E-state index in [-0.39, 0.29) is 36.1 Å². The van der Waals surface area contributed by atoms with E-state index in [1.165, 1.54) is 0 Å². The fourth-order valence-electron chi connectivity index (χ4n) is 3.39. The molecule has 2 saturated heterocycles. The van der Waals surface area contributed by atoms with Gasteiger partial charge in [-0.1, -0.05) is 0 Å². The third-order valence-corrected chi connectivity index (χ3v) is 4.74. The Hall–Kier alpha value is -0.660. The van der Waals surface area contributed by atoms with E-state index >= 15 is 0 Å². The van der Waals surface area contributed by atoms with Gasteiger partial charge in [0.15, 0.2) is 0 Å². The average Bonchev–Trinajstić information content (AvgIpc) is 2.77. The van der Waals surface area contributed by atoms with Gasteiger partial charge in [-0.25, -0.2) is 0 Å². The second-order valence-corrected chi connectivity index (χ2v) is 6.75. The van der Waals surface area contributed by atoms with E-state index in [1.807, 2.05) is 0 Å². The van der Waals surface area contributed by atoms with E-state index < -0.39 is 15.9 Å². The molecule has 7 heteroatoms. The summed E-state index contributed by atoms with van der Waals surface area (Å²) in [6.45, 7) is -0.278. The van der Waals surface area contributed by atoms with Crippen LogP contribution in [0.4, 0.5) is 0 Å². The van der Waals surface area contributed by atoms with Gasteiger partial charge in [0.1, 0.15) is 12.4 Å². The molecule has 0 aromatic rings. The molecule has 2 aliphatic heterocycles. The fraction of sp³-hybridized carbons (Fsp3) is 0.900. The van der Waals surface area contributed by atoms with Crippen molar-refractivity contribution in [3.05, 3.63) is 0 Å². The van der Waals surface area contributed by atoms with Crippen LogP contribution in [0.2, 0.25) is 0 Å². The molecule has 0 aromatic carbocycles. The van der Waals surface area contributed by atoms with E-state index in [1.54, 1.807) is 0 Å². The molecule has 2 aliphatic carbocycles. The number of ether oxygens (including phenoxy) is 2. The third kappa shape index (κ3) is 1.86. The largest absolute Gasteiger partial charge is 0.464 e. The fourth-order valence-corrected chi connectivity index (χ4v) is 3.68. The van der Waals surface area contributed by atoms with Crippen LogP contribution < -0.4 is 0 Å². The summed E-state index contributed by atoms with van der Waals surface area (Å²) in [5.41, 5.74) is -0.0813. The Labute approximate surface area is 99.0 Å². The normalized spacial score (nSPS) is 42.3. The standard InChI is InChI=1S/C10H14O6S/c11-9(15-1-2-17(12,13)14)7-4-10-3-6(7)8(5-10)16-10/h6-8H,1-5H2,(H,12,13,14). The van der Waals surface area contributed by atoms with Gasteiger partial charge in [0.05, 0.1) is 17.6 Å². The first-order chi connectivity index (χ1) is 7.89. The molecule has 4 aliphatic rings. The van der Waals surface area contributed by atoms with Gasteiger partial charge >= 0.3 is 5.97 Å². The summed E-state index contributed by atoms with van der Waals surface area (Å²) in [5, 5.41) is 0. The molecule has 2 saturated carbocycles. The molecule has 3 bridgehead atoms. The number of hydrogen-bond acceptors (Lipinski definition) is 5. The van der Waals surface area contributed by atoms with Gasteiger partial charge in [0.2, 0.25) is 0 Å². The number of carbonyl (C=O) groups excluding carboxylic acids is 1. The van der Waals surface area contributed by atoms with Gasteiger partial charge in [-0.3, -0.25) is 9.35 Å². The van der Waals surface area contributed by atoms with Crippen molar-refractivity contribution in [2.24, 2.45) is 11.8 Å². The van der Waals surface area contributed by atoms with Crippen LogP contribution in [-0.2, 0) is 24.4 Å². The van der Waals surface area contributed by atoms with Crippen molar-refractivity contribution in [1.29, 1.82) is 0 Å². The zero-order valence-corrected chi connectivity index (χ0v) is 9.98. The maximum absolute atomic E-state index is 11.7. The Balaban J connectivity index is 1.52. The number of rotatable bonds is 4. The number of hydrogen-bond donors (Lipinski definition) is 1. The van der Waals surface area contributed by atoms with Crippen molar-refractivity contribution in [3.63, 3.8) is 0 Å². The Kier molecular flexibility index (Phi) is 2.30. The first-order valence-electron chi connectivity index (χ1n) is 5.68. The Morgan fingerprint density at radius 1 is 1.41 bits per heavy atom. The van der Waals surface area contributed by atoms with Crippen LogP contribution in [0.3, 0.4) is 0 Å². The van der Waals surface area contributed by atoms with Crippen LogP contribution in [0.1, 0.15) is 19.3 Å². The summed E-state index contributed by atoms with van der Waals surface area (Å²) in [4.78, 5) is 11.7. The second kappa shape index (κ2) is 3.43. The molecule has 1 spiro atoms. The van der Waals surface area contributed by atoms with E-state index in [9.17, 15) is 13.2 Å². The summed E-state index contributed by atoms with van der Waals surface area (Å²) >= 11 is 0. The predicted octanol–water partition coefficient (Wildman–Crippen LogP) is -0.0151. The topological polar surface area (TPSA) is 89.9 Å². The minimum atomic E-state index is -4.06. The Morgan fingerprint density at radius 2 is 2.12 bits per heavy atom. The molecule has 4 atom stereocenters. The molecule has 4 unspecified atom stereocenters. The minimum Gasteiger partial charge on any atom is -0.464 e. The minimum absolute atomic E-state index is 0.0813. The lowest BCUT2D eigenvalue weighted by Gasteiger charge is -2.44. The summed E-state index contributed by atoms with van der Waals surface area (Å²) in [6, 6.07) is 0. The van der Waals surface area contributed by atoms with Gasteiger partial charge in [0, 0.05) is 12.3 Å². The summed E-state index contributed by atoms with van der Waals surface area (Å²) in [7, 11) is -4.06. The van der Waals surface area contributed by atoms with Crippen LogP contribution in [-0.4, -0.2) is 43.0 Å². The highest BCUT2D eigenvalue weighted by Crippen LogP contribution is 2.63. The van der Waals surface area contributed by atoms with Crippen LogP contribution in [0, 0.1) is 11.8 Å². The van der Waals surface area contributed by atoms with Crippen molar-refractivity contribution in [3.8, 4) is 0 Å². The van der Waals surface area contributed by atoms with E-state index in [2.05, 4.69) is 0 Å². The van der Waals surface area contributed by atoms with Crippen molar-refractivity contribution in [2.75, 3.05) is 12.4 Å². The molecule has 0 radical (unpaired) electrons. The maximum Gasteiger partial charge on any atom is 0.309 e. The second-order valence-electron chi connectivity index (χ2n) is 5.18. The molecule has 17 heavy (non-hydrogen) atoms. The predicted molar refractivity (Wildman–Crippen MR) is 55.8 cm³/mol. The number of carbonyl (C=O) groups is 1. The Bertz CT molecular complexity index is 449. The maximum atomic E-state index is 11.7. The third-order valence-electron chi connectivity index (χ3n) is 4.06. The van der Waals surface area contributed by atoms with Gasteiger partial charge in [0.25, 0.3) is 10.1 Å². The SMILES string of the molecule is O=C(OCCS(=O)(=O)O)C1CC23CC(O2)C1C3. The van der Waals surface area contributed by atoms with Crippen LogP contribution in [0.5, 0.6) is 0 Å². The van der Waals surface area contributed by atoms with Crippen molar-refractivity contribution < 1.29 is 27.2 Å². The van der Waals surface area contributed by atoms with E-state index in [4.69, 9.17) is 14.0 Å². The van der Waals surface area contributed by atoms with Gasteiger partial charge in [-0.15, -0.1) is 0 Å². The smallest absolute Gasteiger partial charge is 0.309 e. The lowest BCUT2D eigenvalue weighted by molar-refractivity contribution is -0.201.